The van der Waals surface area contributed by atoms with Gasteiger partial charge in [0.15, 0.2) is 0 Å². The molecule has 0 unspecified atom stereocenters. The lowest BCUT2D eigenvalue weighted by Crippen LogP contribution is -2.40. The van der Waals surface area contributed by atoms with Gasteiger partial charge in [0.05, 0.1) is 32.6 Å². The van der Waals surface area contributed by atoms with Gasteiger partial charge in [-0.3, -0.25) is 9.54 Å². The van der Waals surface area contributed by atoms with Gasteiger partial charge >= 0.3 is 0 Å². The number of morpholine rings is 1. The molecule has 0 spiro atoms. The zero-order valence-electron chi connectivity index (χ0n) is 23.2. The van der Waals surface area contributed by atoms with Crippen molar-refractivity contribution in [2.24, 2.45) is 4.74 Å². The second kappa shape index (κ2) is 12.1. The molecule has 0 N–H and O–H groups in total. The maximum Gasteiger partial charge on any atom is 0.266 e. The number of carbonyl (C=O) groups is 1. The van der Waals surface area contributed by atoms with E-state index in [0.717, 1.165) is 37.4 Å². The van der Waals surface area contributed by atoms with Crippen molar-refractivity contribution in [2.75, 3.05) is 33.4 Å². The third-order valence-corrected chi connectivity index (χ3v) is 12.0. The highest BCUT2D eigenvalue weighted by Crippen LogP contribution is 2.53. The summed E-state index contributed by atoms with van der Waals surface area (Å²) in [5.74, 6) is -0.0247. The number of pyridine rings is 1. The van der Waals surface area contributed by atoms with Crippen molar-refractivity contribution in [1.82, 2.24) is 9.88 Å². The summed E-state index contributed by atoms with van der Waals surface area (Å²) in [6.45, 7) is 4.56. The Kier molecular flexibility index (Phi) is 8.13. The van der Waals surface area contributed by atoms with Crippen LogP contribution in [0.25, 0.3) is 10.2 Å². The number of amides is 1. The number of benzene rings is 3. The van der Waals surface area contributed by atoms with E-state index in [1.165, 1.54) is 11.3 Å². The highest BCUT2D eigenvalue weighted by Gasteiger charge is 2.32. The van der Waals surface area contributed by atoms with Gasteiger partial charge in [-0.2, -0.15) is 0 Å². The van der Waals surface area contributed by atoms with Crippen molar-refractivity contribution in [2.45, 2.75) is 13.5 Å². The lowest BCUT2D eigenvalue weighted by atomic mass is 10.1. The molecule has 0 saturated carbocycles. The average molecular weight is 582 g/mol. The van der Waals surface area contributed by atoms with Crippen LogP contribution in [0.4, 0.5) is 5.69 Å². The van der Waals surface area contributed by atoms with E-state index < -0.39 is 7.05 Å². The Bertz CT molecular complexity index is 1610. The molecule has 208 valence electrons. The Balaban J connectivity index is 1.76. The molecule has 1 amide bonds. The minimum absolute atomic E-state index is 0.0247. The molecule has 0 bridgehead atoms. The van der Waals surface area contributed by atoms with Crippen LogP contribution < -0.4 is 15.9 Å². The van der Waals surface area contributed by atoms with Crippen LogP contribution in [0.5, 0.6) is 0 Å². The summed E-state index contributed by atoms with van der Waals surface area (Å²) in [5, 5.41) is 4.26. The van der Waals surface area contributed by atoms with Gasteiger partial charge in [0.25, 0.3) is 5.91 Å². The van der Waals surface area contributed by atoms with E-state index in [4.69, 9.17) is 19.2 Å². The molecule has 8 heteroatoms. The molecular formula is C33H32N3O3PS. The average Bonchev–Trinajstić information content (AvgIpc) is 3.39. The number of aryl methyl sites for hydroxylation is 1. The van der Waals surface area contributed by atoms with Crippen molar-refractivity contribution in [1.29, 1.82) is 0 Å². The van der Waals surface area contributed by atoms with Crippen molar-refractivity contribution in [3.05, 3.63) is 113 Å². The van der Waals surface area contributed by atoms with Gasteiger partial charge in [0.2, 0.25) is 0 Å². The summed E-state index contributed by atoms with van der Waals surface area (Å²) in [5.41, 5.74) is 2.57. The number of thiophene rings is 1. The van der Waals surface area contributed by atoms with Gasteiger partial charge in [-0.25, -0.2) is 4.98 Å². The standard InChI is InChI=1S/C33H32N3O3PS/c1-24-22-25(23-38-2)29-30(31(41-32(29)34-24)33(37)36-18-20-39-21-19-36)35-40(26-12-6-3-7-13-26,27-14-8-4-9-15-27)28-16-10-5-11-17-28/h3-17,22H,18-21,23H2,1-2H3. The highest BCUT2D eigenvalue weighted by molar-refractivity contribution is 7.87. The molecule has 2 aromatic heterocycles. The van der Waals surface area contributed by atoms with Crippen molar-refractivity contribution in [3.8, 4) is 0 Å². The van der Waals surface area contributed by atoms with Gasteiger partial charge in [-0.1, -0.05) is 91.0 Å². The first-order valence-corrected chi connectivity index (χ1v) is 16.3. The van der Waals surface area contributed by atoms with Crippen LogP contribution in [0.1, 0.15) is 20.9 Å². The number of methoxy groups -OCH3 is 1. The molecule has 41 heavy (non-hydrogen) atoms. The minimum atomic E-state index is -2.64. The molecule has 3 aromatic carbocycles. The topological polar surface area (TPSA) is 64.0 Å². The predicted octanol–water partition coefficient (Wildman–Crippen LogP) is 6.03. The number of hydrogen-bond donors (Lipinski definition) is 0. The zero-order valence-corrected chi connectivity index (χ0v) is 24.9. The molecule has 1 saturated heterocycles. The van der Waals surface area contributed by atoms with E-state index in [1.807, 2.05) is 36.1 Å². The monoisotopic (exact) mass is 581 g/mol. The molecule has 5 aromatic rings. The van der Waals surface area contributed by atoms with Crippen molar-refractivity contribution < 1.29 is 14.3 Å². The number of rotatable bonds is 7. The van der Waals surface area contributed by atoms with E-state index in [1.54, 1.807) is 7.11 Å². The maximum absolute atomic E-state index is 14.2. The van der Waals surface area contributed by atoms with Crippen LogP contribution in [0.2, 0.25) is 0 Å². The molecule has 6 nitrogen and oxygen atoms in total. The van der Waals surface area contributed by atoms with Crippen LogP contribution in [0, 0.1) is 6.92 Å². The largest absolute Gasteiger partial charge is 0.380 e. The van der Waals surface area contributed by atoms with Gasteiger partial charge in [-0.15, -0.1) is 11.3 Å². The zero-order chi connectivity index (χ0) is 28.2. The normalized spacial score (nSPS) is 13.9. The summed E-state index contributed by atoms with van der Waals surface area (Å²) < 4.78 is 17.0. The van der Waals surface area contributed by atoms with Gasteiger partial charge in [0.1, 0.15) is 9.71 Å². The van der Waals surface area contributed by atoms with E-state index in [-0.39, 0.29) is 5.91 Å². The second-order valence-electron chi connectivity index (χ2n) is 9.96. The van der Waals surface area contributed by atoms with Crippen LogP contribution in [0.15, 0.2) is 102 Å². The first-order chi connectivity index (χ1) is 20.1. The van der Waals surface area contributed by atoms with Crippen LogP contribution in [0.3, 0.4) is 0 Å². The molecule has 0 aliphatic carbocycles. The summed E-state index contributed by atoms with van der Waals surface area (Å²) in [7, 11) is -0.942. The fraction of sp³-hybridized carbons (Fsp3) is 0.212. The van der Waals surface area contributed by atoms with Crippen LogP contribution in [-0.4, -0.2) is 49.2 Å². The Hall–Kier alpha value is -3.61. The molecule has 3 heterocycles. The summed E-state index contributed by atoms with van der Waals surface area (Å²) in [6.07, 6.45) is 0. The van der Waals surface area contributed by atoms with E-state index >= 15 is 0 Å². The third kappa shape index (κ3) is 5.27. The summed E-state index contributed by atoms with van der Waals surface area (Å²) in [6, 6.07) is 33.5. The van der Waals surface area contributed by atoms with Crippen molar-refractivity contribution >= 4 is 56.1 Å². The SMILES string of the molecule is COCc1cc(C)nc2sc(C(=O)N3CCOCC3)c(N=P(c3ccccc3)(c3ccccc3)c3ccccc3)c12. The Morgan fingerprint density at radius 2 is 1.46 bits per heavy atom. The number of carbonyl (C=O) groups excluding carboxylic acids is 1. The first kappa shape index (κ1) is 27.6. The van der Waals surface area contributed by atoms with Gasteiger partial charge < -0.3 is 14.4 Å². The summed E-state index contributed by atoms with van der Waals surface area (Å²) in [4.78, 5) is 22.4. The van der Waals surface area contributed by atoms with Gasteiger partial charge in [-0.05, 0) is 18.6 Å². The highest BCUT2D eigenvalue weighted by atomic mass is 32.1. The molecule has 1 aliphatic heterocycles. The predicted molar refractivity (Wildman–Crippen MR) is 169 cm³/mol. The van der Waals surface area contributed by atoms with Gasteiger partial charge in [0, 0.05) is 47.2 Å². The minimum Gasteiger partial charge on any atom is -0.380 e. The summed E-state index contributed by atoms with van der Waals surface area (Å²) >= 11 is 1.43. The van der Waals surface area contributed by atoms with E-state index in [9.17, 15) is 4.79 Å². The van der Waals surface area contributed by atoms with Crippen LogP contribution >= 0.6 is 18.4 Å². The second-order valence-corrected chi connectivity index (χ2v) is 14.0. The first-order valence-electron chi connectivity index (χ1n) is 13.7. The molecule has 1 fully saturated rings. The molecular weight excluding hydrogens is 549 g/mol. The Labute approximate surface area is 244 Å². The Morgan fingerprint density at radius 3 is 1.98 bits per heavy atom. The maximum atomic E-state index is 14.2. The molecule has 1 aliphatic rings. The fourth-order valence-electron chi connectivity index (χ4n) is 5.42. The lowest BCUT2D eigenvalue weighted by Gasteiger charge is -2.28. The number of aromatic nitrogens is 1. The number of hydrogen-bond acceptors (Lipinski definition) is 6. The molecule has 0 radical (unpaired) electrons. The van der Waals surface area contributed by atoms with E-state index in [2.05, 4.69) is 72.8 Å². The molecule has 6 rings (SSSR count). The van der Waals surface area contributed by atoms with E-state index in [0.29, 0.717) is 43.5 Å². The quantitative estimate of drug-likeness (QED) is 0.220. The number of nitrogens with zero attached hydrogens (tertiary/aromatic N) is 3. The lowest BCUT2D eigenvalue weighted by molar-refractivity contribution is 0.0306. The smallest absolute Gasteiger partial charge is 0.266 e. The Morgan fingerprint density at radius 1 is 0.927 bits per heavy atom. The van der Waals surface area contributed by atoms with Crippen LogP contribution in [-0.2, 0) is 16.1 Å². The fourth-order valence-corrected chi connectivity index (χ4v) is 10.2. The third-order valence-electron chi connectivity index (χ3n) is 7.28. The number of fused-ring (bicyclic) bond motifs is 1. The van der Waals surface area contributed by atoms with Crippen molar-refractivity contribution in [3.63, 3.8) is 0 Å². The number of ether oxygens (including phenoxy) is 2. The molecule has 0 atom stereocenters.